The third kappa shape index (κ3) is 1.65. The molecule has 102 valence electrons. The van der Waals surface area contributed by atoms with Gasteiger partial charge in [-0.1, -0.05) is 37.6 Å². The van der Waals surface area contributed by atoms with Gasteiger partial charge < -0.3 is 5.11 Å². The Morgan fingerprint density at radius 1 is 1.26 bits per heavy atom. The lowest BCUT2D eigenvalue weighted by Gasteiger charge is -2.53. The predicted octanol–water partition coefficient (Wildman–Crippen LogP) is 3.78. The molecule has 0 amide bonds. The number of fused-ring (bicyclic) bond motifs is 3. The number of carboxylic acids is 1. The minimum Gasteiger partial charge on any atom is -0.481 e. The molecule has 0 saturated heterocycles. The van der Waals surface area contributed by atoms with Gasteiger partial charge in [0, 0.05) is 0 Å². The van der Waals surface area contributed by atoms with Crippen molar-refractivity contribution in [2.45, 2.75) is 51.4 Å². The van der Waals surface area contributed by atoms with Crippen molar-refractivity contribution in [1.82, 2.24) is 0 Å². The summed E-state index contributed by atoms with van der Waals surface area (Å²) in [4.78, 5) is 11.8. The fourth-order valence-corrected chi connectivity index (χ4v) is 4.69. The minimum absolute atomic E-state index is 0.0419. The van der Waals surface area contributed by atoms with Crippen LogP contribution in [0.15, 0.2) is 24.3 Å². The summed E-state index contributed by atoms with van der Waals surface area (Å²) in [5.41, 5.74) is 2.31. The first-order valence-corrected chi connectivity index (χ1v) is 7.30. The van der Waals surface area contributed by atoms with Crippen LogP contribution in [0.25, 0.3) is 0 Å². The van der Waals surface area contributed by atoms with Gasteiger partial charge in [0.15, 0.2) is 0 Å². The lowest BCUT2D eigenvalue weighted by atomic mass is 9.50. The average molecular weight is 258 g/mol. The van der Waals surface area contributed by atoms with Crippen molar-refractivity contribution in [2.75, 3.05) is 0 Å². The van der Waals surface area contributed by atoms with E-state index in [2.05, 4.69) is 31.2 Å². The Labute approximate surface area is 114 Å². The van der Waals surface area contributed by atoms with Crippen LogP contribution in [0.2, 0.25) is 0 Å². The molecule has 1 N–H and O–H groups in total. The first-order valence-electron chi connectivity index (χ1n) is 7.30. The first-order chi connectivity index (χ1) is 8.98. The molecule has 0 unspecified atom stereocenters. The predicted molar refractivity (Wildman–Crippen MR) is 75.2 cm³/mol. The molecule has 3 rings (SSSR count). The van der Waals surface area contributed by atoms with Gasteiger partial charge in [0.1, 0.15) is 0 Å². The Morgan fingerprint density at radius 3 is 2.74 bits per heavy atom. The van der Waals surface area contributed by atoms with Crippen molar-refractivity contribution in [1.29, 1.82) is 0 Å². The molecule has 1 aromatic carbocycles. The van der Waals surface area contributed by atoms with Crippen LogP contribution >= 0.6 is 0 Å². The lowest BCUT2D eigenvalue weighted by Crippen LogP contribution is -2.52. The van der Waals surface area contributed by atoms with E-state index >= 15 is 0 Å². The molecule has 2 aliphatic carbocycles. The summed E-state index contributed by atoms with van der Waals surface area (Å²) in [7, 11) is 0. The number of carboxylic acid groups (broad SMARTS) is 1. The molecule has 0 bridgehead atoms. The maximum Gasteiger partial charge on any atom is 0.309 e. The van der Waals surface area contributed by atoms with Crippen LogP contribution in [0, 0.1) is 11.3 Å². The van der Waals surface area contributed by atoms with Crippen molar-refractivity contribution >= 4 is 5.97 Å². The second-order valence-corrected chi connectivity index (χ2v) is 6.74. The van der Waals surface area contributed by atoms with Crippen LogP contribution in [0.1, 0.15) is 50.7 Å². The number of aliphatic carboxylic acids is 1. The molecular weight excluding hydrogens is 236 g/mol. The SMILES string of the molecule is C[C@]1(C(=O)O)CCC[C@]2(C)c3ccccc3CC[C@H]12. The Hall–Kier alpha value is -1.31. The number of hydrogen-bond donors (Lipinski definition) is 1. The van der Waals surface area contributed by atoms with Crippen molar-refractivity contribution in [2.24, 2.45) is 11.3 Å². The van der Waals surface area contributed by atoms with E-state index in [-0.39, 0.29) is 11.3 Å². The summed E-state index contributed by atoms with van der Waals surface area (Å²) in [6.45, 7) is 4.25. The highest BCUT2D eigenvalue weighted by molar-refractivity contribution is 5.75. The smallest absolute Gasteiger partial charge is 0.309 e. The fraction of sp³-hybridized carbons (Fsp3) is 0.588. The minimum atomic E-state index is -0.609. The summed E-state index contributed by atoms with van der Waals surface area (Å²) in [5, 5.41) is 9.70. The van der Waals surface area contributed by atoms with Gasteiger partial charge in [0.25, 0.3) is 0 Å². The normalized spacial score (nSPS) is 37.3. The molecule has 2 aliphatic rings. The van der Waals surface area contributed by atoms with E-state index in [1.165, 1.54) is 11.1 Å². The zero-order valence-corrected chi connectivity index (χ0v) is 11.8. The van der Waals surface area contributed by atoms with Crippen LogP contribution in [-0.2, 0) is 16.6 Å². The Balaban J connectivity index is 2.12. The van der Waals surface area contributed by atoms with Gasteiger partial charge in [0.2, 0.25) is 0 Å². The molecule has 1 aromatic rings. The molecule has 3 atom stereocenters. The van der Waals surface area contributed by atoms with E-state index in [4.69, 9.17) is 0 Å². The Kier molecular flexibility index (Phi) is 2.74. The Morgan fingerprint density at radius 2 is 2.00 bits per heavy atom. The number of rotatable bonds is 1. The van der Waals surface area contributed by atoms with E-state index in [0.29, 0.717) is 0 Å². The quantitative estimate of drug-likeness (QED) is 0.832. The van der Waals surface area contributed by atoms with Gasteiger partial charge in [0.05, 0.1) is 5.41 Å². The first kappa shape index (κ1) is 12.7. The molecule has 0 aliphatic heterocycles. The van der Waals surface area contributed by atoms with E-state index in [9.17, 15) is 9.90 Å². The van der Waals surface area contributed by atoms with Crippen molar-refractivity contribution in [3.8, 4) is 0 Å². The van der Waals surface area contributed by atoms with Gasteiger partial charge in [-0.15, -0.1) is 0 Å². The van der Waals surface area contributed by atoms with E-state index in [1.807, 2.05) is 6.92 Å². The van der Waals surface area contributed by atoms with Crippen molar-refractivity contribution in [3.63, 3.8) is 0 Å². The molecule has 2 nitrogen and oxygen atoms in total. The van der Waals surface area contributed by atoms with E-state index < -0.39 is 11.4 Å². The fourth-order valence-electron chi connectivity index (χ4n) is 4.69. The third-order valence-electron chi connectivity index (χ3n) is 5.75. The second-order valence-electron chi connectivity index (χ2n) is 6.74. The van der Waals surface area contributed by atoms with Gasteiger partial charge in [-0.3, -0.25) is 4.79 Å². The summed E-state index contributed by atoms with van der Waals surface area (Å²) < 4.78 is 0. The van der Waals surface area contributed by atoms with Gasteiger partial charge in [-0.05, 0) is 55.1 Å². The summed E-state index contributed by atoms with van der Waals surface area (Å²) in [5.74, 6) is -0.344. The number of benzene rings is 1. The summed E-state index contributed by atoms with van der Waals surface area (Å²) >= 11 is 0. The zero-order valence-electron chi connectivity index (χ0n) is 11.8. The second kappa shape index (κ2) is 4.09. The van der Waals surface area contributed by atoms with Gasteiger partial charge in [-0.2, -0.15) is 0 Å². The number of carbonyl (C=O) groups is 1. The van der Waals surface area contributed by atoms with Gasteiger partial charge >= 0.3 is 5.97 Å². The van der Waals surface area contributed by atoms with Crippen LogP contribution in [-0.4, -0.2) is 11.1 Å². The molecule has 19 heavy (non-hydrogen) atoms. The molecule has 0 heterocycles. The van der Waals surface area contributed by atoms with Crippen molar-refractivity contribution < 1.29 is 9.90 Å². The number of hydrogen-bond acceptors (Lipinski definition) is 1. The molecule has 0 spiro atoms. The molecular formula is C17H22O2. The standard InChI is InChI=1S/C17H22O2/c1-16-10-5-11-17(2,15(18)19)14(16)9-8-12-6-3-4-7-13(12)16/h3-4,6-7,14H,5,8-11H2,1-2H3,(H,18,19)/t14-,16+,17-/m0/s1. The van der Waals surface area contributed by atoms with Crippen LogP contribution in [0.4, 0.5) is 0 Å². The summed E-state index contributed by atoms with van der Waals surface area (Å²) in [6, 6.07) is 8.62. The molecule has 0 radical (unpaired) electrons. The molecule has 1 fully saturated rings. The average Bonchev–Trinajstić information content (AvgIpc) is 2.38. The monoisotopic (exact) mass is 258 g/mol. The van der Waals surface area contributed by atoms with E-state index in [1.54, 1.807) is 0 Å². The maximum atomic E-state index is 11.8. The zero-order chi connectivity index (χ0) is 13.7. The van der Waals surface area contributed by atoms with Crippen molar-refractivity contribution in [3.05, 3.63) is 35.4 Å². The highest BCUT2D eigenvalue weighted by Gasteiger charge is 2.54. The summed E-state index contributed by atoms with van der Waals surface area (Å²) in [6.07, 6.45) is 5.00. The topological polar surface area (TPSA) is 37.3 Å². The molecule has 2 heteroatoms. The van der Waals surface area contributed by atoms with Crippen LogP contribution in [0.3, 0.4) is 0 Å². The van der Waals surface area contributed by atoms with Crippen LogP contribution < -0.4 is 0 Å². The Bertz CT molecular complexity index is 522. The van der Waals surface area contributed by atoms with Gasteiger partial charge in [-0.25, -0.2) is 0 Å². The molecule has 0 aromatic heterocycles. The highest BCUT2D eigenvalue weighted by atomic mass is 16.4. The van der Waals surface area contributed by atoms with Crippen LogP contribution in [0.5, 0.6) is 0 Å². The molecule has 1 saturated carbocycles. The maximum absolute atomic E-state index is 11.8. The highest BCUT2D eigenvalue weighted by Crippen LogP contribution is 2.57. The van der Waals surface area contributed by atoms with E-state index in [0.717, 1.165) is 32.1 Å². The largest absolute Gasteiger partial charge is 0.481 e. The lowest BCUT2D eigenvalue weighted by molar-refractivity contribution is -0.157. The third-order valence-corrected chi connectivity index (χ3v) is 5.75. The number of aryl methyl sites for hydroxylation is 1.